The molecule has 5 heteroatoms. The number of carbonyl (C=O) groups is 1. The van der Waals surface area contributed by atoms with Crippen molar-refractivity contribution in [2.75, 3.05) is 33.9 Å². The molecule has 1 saturated heterocycles. The number of hydrogen-bond donors (Lipinski definition) is 2. The van der Waals surface area contributed by atoms with Crippen LogP contribution in [0.5, 0.6) is 0 Å². The minimum absolute atomic E-state index is 0.0514. The van der Waals surface area contributed by atoms with Crippen molar-refractivity contribution in [3.63, 3.8) is 0 Å². The number of amides is 1. The number of methoxy groups -OCH3 is 2. The van der Waals surface area contributed by atoms with Crippen molar-refractivity contribution >= 4 is 5.91 Å². The second-order valence-corrected chi connectivity index (χ2v) is 5.29. The van der Waals surface area contributed by atoms with E-state index < -0.39 is 5.60 Å². The van der Waals surface area contributed by atoms with Crippen LogP contribution in [0.2, 0.25) is 0 Å². The van der Waals surface area contributed by atoms with E-state index in [1.54, 1.807) is 14.2 Å². The Balaban J connectivity index is 1.95. The van der Waals surface area contributed by atoms with E-state index >= 15 is 0 Å². The van der Waals surface area contributed by atoms with Crippen LogP contribution in [0.3, 0.4) is 0 Å². The molecule has 1 heterocycles. The van der Waals surface area contributed by atoms with E-state index in [1.807, 2.05) is 30.3 Å². The summed E-state index contributed by atoms with van der Waals surface area (Å²) in [6.45, 7) is 2.04. The van der Waals surface area contributed by atoms with Gasteiger partial charge in [0.25, 0.3) is 5.91 Å². The summed E-state index contributed by atoms with van der Waals surface area (Å²) in [5, 5.41) is 6.22. The molecular formula is C16H24N2O3. The van der Waals surface area contributed by atoms with Crippen LogP contribution < -0.4 is 10.6 Å². The Morgan fingerprint density at radius 2 is 1.95 bits per heavy atom. The lowest BCUT2D eigenvalue weighted by molar-refractivity contribution is -0.147. The summed E-state index contributed by atoms with van der Waals surface area (Å²) in [4.78, 5) is 12.5. The van der Waals surface area contributed by atoms with Gasteiger partial charge in [0.1, 0.15) is 5.60 Å². The van der Waals surface area contributed by atoms with Gasteiger partial charge in [-0.3, -0.25) is 4.79 Å². The molecule has 1 aliphatic rings. The van der Waals surface area contributed by atoms with E-state index in [1.165, 1.54) is 0 Å². The minimum atomic E-state index is -0.708. The first-order chi connectivity index (χ1) is 10.2. The van der Waals surface area contributed by atoms with Gasteiger partial charge in [0.05, 0.1) is 6.10 Å². The van der Waals surface area contributed by atoms with Crippen LogP contribution in [0, 0.1) is 0 Å². The van der Waals surface area contributed by atoms with Crippen LogP contribution in [-0.2, 0) is 14.3 Å². The van der Waals surface area contributed by atoms with Gasteiger partial charge in [0, 0.05) is 20.8 Å². The number of ether oxygens (including phenoxy) is 2. The Bertz CT molecular complexity index is 444. The van der Waals surface area contributed by atoms with Gasteiger partial charge < -0.3 is 20.1 Å². The normalized spacial score (nSPS) is 19.0. The Morgan fingerprint density at radius 1 is 1.29 bits per heavy atom. The molecule has 2 rings (SSSR count). The quantitative estimate of drug-likeness (QED) is 0.829. The zero-order chi connectivity index (χ0) is 15.1. The summed E-state index contributed by atoms with van der Waals surface area (Å²) in [5.74, 6) is -0.0514. The fourth-order valence-electron chi connectivity index (χ4n) is 2.71. The molecule has 1 aromatic carbocycles. The first kappa shape index (κ1) is 15.9. The highest BCUT2D eigenvalue weighted by Gasteiger charge is 2.39. The number of hydrogen-bond acceptors (Lipinski definition) is 4. The summed E-state index contributed by atoms with van der Waals surface area (Å²) in [5.41, 5.74) is 0.345. The molecule has 1 aliphatic heterocycles. The number of piperidine rings is 1. The van der Waals surface area contributed by atoms with E-state index in [-0.39, 0.29) is 12.0 Å². The largest absolute Gasteiger partial charge is 0.375 e. The van der Waals surface area contributed by atoms with Crippen molar-refractivity contribution in [1.82, 2.24) is 10.6 Å². The number of nitrogens with one attached hydrogen (secondary N) is 2. The summed E-state index contributed by atoms with van der Waals surface area (Å²) in [6, 6.07) is 9.89. The van der Waals surface area contributed by atoms with Crippen LogP contribution in [-0.4, -0.2) is 45.4 Å². The Kier molecular flexibility index (Phi) is 5.73. The maximum absolute atomic E-state index is 12.5. The highest BCUT2D eigenvalue weighted by Crippen LogP contribution is 2.23. The van der Waals surface area contributed by atoms with Gasteiger partial charge in [-0.15, -0.1) is 0 Å². The van der Waals surface area contributed by atoms with Gasteiger partial charge in [-0.05, 0) is 31.5 Å². The van der Waals surface area contributed by atoms with Crippen molar-refractivity contribution in [3.8, 4) is 0 Å². The van der Waals surface area contributed by atoms with Crippen LogP contribution in [0.25, 0.3) is 0 Å². The molecule has 0 aromatic heterocycles. The highest BCUT2D eigenvalue weighted by molar-refractivity contribution is 5.85. The number of carbonyl (C=O) groups excluding carboxylic acids is 1. The maximum Gasteiger partial charge on any atom is 0.252 e. The van der Waals surface area contributed by atoms with Crippen molar-refractivity contribution < 1.29 is 14.3 Å². The summed E-state index contributed by atoms with van der Waals surface area (Å²) < 4.78 is 11.0. The molecule has 0 saturated carbocycles. The molecule has 1 amide bonds. The molecule has 0 spiro atoms. The lowest BCUT2D eigenvalue weighted by Crippen LogP contribution is -2.54. The zero-order valence-corrected chi connectivity index (χ0v) is 12.7. The monoisotopic (exact) mass is 292 g/mol. The van der Waals surface area contributed by atoms with E-state index in [0.717, 1.165) is 18.7 Å². The average Bonchev–Trinajstić information content (AvgIpc) is 2.56. The maximum atomic E-state index is 12.5. The lowest BCUT2D eigenvalue weighted by Gasteiger charge is -2.35. The molecule has 21 heavy (non-hydrogen) atoms. The molecule has 0 aliphatic carbocycles. The molecule has 0 bridgehead atoms. The summed E-state index contributed by atoms with van der Waals surface area (Å²) in [7, 11) is 3.26. The van der Waals surface area contributed by atoms with Crippen molar-refractivity contribution in [2.24, 2.45) is 0 Å². The number of benzene rings is 1. The SMILES string of the molecule is COC(CNC(=O)C1(OC)CCNCC1)c1ccccc1. The molecule has 5 nitrogen and oxygen atoms in total. The third kappa shape index (κ3) is 3.81. The number of rotatable bonds is 6. The third-order valence-corrected chi connectivity index (χ3v) is 4.12. The minimum Gasteiger partial charge on any atom is -0.375 e. The average molecular weight is 292 g/mol. The van der Waals surface area contributed by atoms with E-state index in [9.17, 15) is 4.79 Å². The van der Waals surface area contributed by atoms with Gasteiger partial charge in [0.15, 0.2) is 0 Å². The third-order valence-electron chi connectivity index (χ3n) is 4.12. The second-order valence-electron chi connectivity index (χ2n) is 5.29. The molecule has 1 fully saturated rings. The van der Waals surface area contributed by atoms with Gasteiger partial charge in [-0.25, -0.2) is 0 Å². The molecule has 116 valence electrons. The van der Waals surface area contributed by atoms with Crippen molar-refractivity contribution in [3.05, 3.63) is 35.9 Å². The Labute approximate surface area is 126 Å². The predicted molar refractivity (Wildman–Crippen MR) is 81.0 cm³/mol. The molecule has 1 aromatic rings. The van der Waals surface area contributed by atoms with Crippen molar-refractivity contribution in [2.45, 2.75) is 24.5 Å². The van der Waals surface area contributed by atoms with Crippen LogP contribution in [0.15, 0.2) is 30.3 Å². The standard InChI is InChI=1S/C16H24N2O3/c1-20-14(13-6-4-3-5-7-13)12-18-15(19)16(21-2)8-10-17-11-9-16/h3-7,14,17H,8-12H2,1-2H3,(H,18,19). The van der Waals surface area contributed by atoms with E-state index in [2.05, 4.69) is 10.6 Å². The summed E-state index contributed by atoms with van der Waals surface area (Å²) >= 11 is 0. The highest BCUT2D eigenvalue weighted by atomic mass is 16.5. The molecule has 0 radical (unpaired) electrons. The smallest absolute Gasteiger partial charge is 0.252 e. The fraction of sp³-hybridized carbons (Fsp3) is 0.562. The Morgan fingerprint density at radius 3 is 2.52 bits per heavy atom. The van der Waals surface area contributed by atoms with Gasteiger partial charge in [-0.2, -0.15) is 0 Å². The molecule has 2 N–H and O–H groups in total. The van der Waals surface area contributed by atoms with Crippen LogP contribution >= 0.6 is 0 Å². The van der Waals surface area contributed by atoms with Crippen LogP contribution in [0.4, 0.5) is 0 Å². The first-order valence-electron chi connectivity index (χ1n) is 7.34. The zero-order valence-electron chi connectivity index (χ0n) is 12.7. The predicted octanol–water partition coefficient (Wildman–Crippen LogP) is 1.26. The van der Waals surface area contributed by atoms with Crippen LogP contribution in [0.1, 0.15) is 24.5 Å². The summed E-state index contributed by atoms with van der Waals surface area (Å²) in [6.07, 6.45) is 1.24. The molecular weight excluding hydrogens is 268 g/mol. The van der Waals surface area contributed by atoms with Gasteiger partial charge >= 0.3 is 0 Å². The van der Waals surface area contributed by atoms with Crippen molar-refractivity contribution in [1.29, 1.82) is 0 Å². The van der Waals surface area contributed by atoms with E-state index in [4.69, 9.17) is 9.47 Å². The van der Waals surface area contributed by atoms with Gasteiger partial charge in [0.2, 0.25) is 0 Å². The van der Waals surface area contributed by atoms with E-state index in [0.29, 0.717) is 19.4 Å². The molecule has 1 unspecified atom stereocenters. The lowest BCUT2D eigenvalue weighted by atomic mass is 9.91. The first-order valence-corrected chi connectivity index (χ1v) is 7.34. The second kappa shape index (κ2) is 7.54. The Hall–Kier alpha value is -1.43. The molecule has 1 atom stereocenters. The fourth-order valence-corrected chi connectivity index (χ4v) is 2.71. The topological polar surface area (TPSA) is 59.6 Å². The van der Waals surface area contributed by atoms with Gasteiger partial charge in [-0.1, -0.05) is 30.3 Å².